The first-order valence-corrected chi connectivity index (χ1v) is 7.13. The van der Waals surface area contributed by atoms with Crippen LogP contribution in [0.3, 0.4) is 0 Å². The van der Waals surface area contributed by atoms with E-state index in [1.807, 2.05) is 24.4 Å². The molecule has 0 aliphatic carbocycles. The van der Waals surface area contributed by atoms with Gasteiger partial charge in [0.05, 0.1) is 13.7 Å². The van der Waals surface area contributed by atoms with E-state index < -0.39 is 0 Å². The molecule has 0 spiro atoms. The van der Waals surface area contributed by atoms with E-state index in [4.69, 9.17) is 9.47 Å². The van der Waals surface area contributed by atoms with Gasteiger partial charge in [0, 0.05) is 11.7 Å². The second kappa shape index (κ2) is 6.35. The number of benzene rings is 2. The number of hydrogen-bond donors (Lipinski definition) is 0. The van der Waals surface area contributed by atoms with Crippen LogP contribution < -0.4 is 4.74 Å². The molecule has 1 heterocycles. The van der Waals surface area contributed by atoms with Crippen molar-refractivity contribution in [3.8, 4) is 5.75 Å². The Bertz CT molecular complexity index is 792. The Balaban J connectivity index is 1.64. The normalized spacial score (nSPS) is 10.6. The summed E-state index contributed by atoms with van der Waals surface area (Å²) in [4.78, 5) is 12.1. The van der Waals surface area contributed by atoms with Crippen molar-refractivity contribution >= 4 is 16.9 Å². The lowest BCUT2D eigenvalue weighted by Gasteiger charge is -2.09. The molecule has 4 nitrogen and oxygen atoms in total. The van der Waals surface area contributed by atoms with Crippen LogP contribution in [-0.2, 0) is 11.3 Å². The molecule has 0 unspecified atom stereocenters. The minimum Gasteiger partial charge on any atom is -0.496 e. The molecule has 0 amide bonds. The number of aromatic nitrogens is 1. The summed E-state index contributed by atoms with van der Waals surface area (Å²) < 4.78 is 12.6. The smallest absolute Gasteiger partial charge is 0.341 e. The third kappa shape index (κ3) is 2.81. The predicted molar refractivity (Wildman–Crippen MR) is 85.2 cm³/mol. The lowest BCUT2D eigenvalue weighted by molar-refractivity contribution is 0.0489. The molecular weight excluding hydrogens is 278 g/mol. The molecule has 112 valence electrons. The minimum atomic E-state index is -0.367. The third-order valence-electron chi connectivity index (χ3n) is 3.57. The lowest BCUT2D eigenvalue weighted by Crippen LogP contribution is -2.12. The Morgan fingerprint density at radius 2 is 1.82 bits per heavy atom. The van der Waals surface area contributed by atoms with Gasteiger partial charge >= 0.3 is 5.97 Å². The molecule has 0 saturated heterocycles. The van der Waals surface area contributed by atoms with Crippen LogP contribution in [0.15, 0.2) is 60.8 Å². The highest BCUT2D eigenvalue weighted by molar-refractivity contribution is 5.92. The minimum absolute atomic E-state index is 0.315. The van der Waals surface area contributed by atoms with Crippen LogP contribution in [0.1, 0.15) is 10.4 Å². The molecule has 0 radical (unpaired) electrons. The van der Waals surface area contributed by atoms with Gasteiger partial charge < -0.3 is 14.0 Å². The van der Waals surface area contributed by atoms with Gasteiger partial charge in [-0.2, -0.15) is 0 Å². The van der Waals surface area contributed by atoms with Crippen LogP contribution in [0.5, 0.6) is 5.75 Å². The Morgan fingerprint density at radius 1 is 1.05 bits per heavy atom. The number of hydrogen-bond acceptors (Lipinski definition) is 3. The maximum atomic E-state index is 12.1. The Kier molecular flexibility index (Phi) is 4.10. The van der Waals surface area contributed by atoms with Gasteiger partial charge in [-0.25, -0.2) is 4.79 Å². The number of ether oxygens (including phenoxy) is 2. The molecule has 22 heavy (non-hydrogen) atoms. The Labute approximate surface area is 128 Å². The molecule has 0 aliphatic rings. The van der Waals surface area contributed by atoms with Crippen molar-refractivity contribution in [3.63, 3.8) is 0 Å². The molecule has 0 fully saturated rings. The second-order valence-corrected chi connectivity index (χ2v) is 4.90. The fourth-order valence-electron chi connectivity index (χ4n) is 2.46. The fraction of sp³-hybridized carbons (Fsp3) is 0.167. The summed E-state index contributed by atoms with van der Waals surface area (Å²) >= 11 is 0. The molecular formula is C18H17NO3. The Hall–Kier alpha value is -2.75. The predicted octanol–water partition coefficient (Wildman–Crippen LogP) is 3.51. The average Bonchev–Trinajstić information content (AvgIpc) is 2.98. The third-order valence-corrected chi connectivity index (χ3v) is 3.57. The molecule has 1 aromatic heterocycles. The van der Waals surface area contributed by atoms with Crippen LogP contribution in [-0.4, -0.2) is 24.3 Å². The number of carbonyl (C=O) groups is 1. The van der Waals surface area contributed by atoms with Crippen LogP contribution in [0, 0.1) is 0 Å². The molecule has 3 rings (SSSR count). The van der Waals surface area contributed by atoms with Crippen LogP contribution in [0.25, 0.3) is 10.9 Å². The first kappa shape index (κ1) is 14.2. The van der Waals surface area contributed by atoms with Crippen molar-refractivity contribution in [2.45, 2.75) is 6.54 Å². The highest BCUT2D eigenvalue weighted by Crippen LogP contribution is 2.18. The maximum absolute atomic E-state index is 12.1. The number of carbonyl (C=O) groups excluding carboxylic acids is 1. The molecule has 0 saturated carbocycles. The van der Waals surface area contributed by atoms with Crippen LogP contribution in [0.2, 0.25) is 0 Å². The van der Waals surface area contributed by atoms with Crippen molar-refractivity contribution in [2.75, 3.05) is 13.7 Å². The number of esters is 1. The van der Waals surface area contributed by atoms with Gasteiger partial charge in [-0.05, 0) is 29.7 Å². The van der Waals surface area contributed by atoms with E-state index in [2.05, 4.69) is 22.8 Å². The van der Waals surface area contributed by atoms with Gasteiger partial charge in [0.15, 0.2) is 0 Å². The maximum Gasteiger partial charge on any atom is 0.341 e. The quantitative estimate of drug-likeness (QED) is 0.676. The van der Waals surface area contributed by atoms with E-state index >= 15 is 0 Å². The number of methoxy groups -OCH3 is 1. The topological polar surface area (TPSA) is 40.5 Å². The van der Waals surface area contributed by atoms with E-state index in [1.165, 1.54) is 12.5 Å². The van der Waals surface area contributed by atoms with E-state index in [9.17, 15) is 4.79 Å². The van der Waals surface area contributed by atoms with Gasteiger partial charge in [0.25, 0.3) is 0 Å². The zero-order valence-electron chi connectivity index (χ0n) is 12.4. The van der Waals surface area contributed by atoms with E-state index in [0.717, 1.165) is 5.52 Å². The first-order valence-electron chi connectivity index (χ1n) is 7.13. The summed E-state index contributed by atoms with van der Waals surface area (Å²) in [5.41, 5.74) is 1.58. The zero-order valence-corrected chi connectivity index (χ0v) is 12.4. The largest absolute Gasteiger partial charge is 0.496 e. The van der Waals surface area contributed by atoms with Crippen molar-refractivity contribution in [1.29, 1.82) is 0 Å². The van der Waals surface area contributed by atoms with Crippen LogP contribution >= 0.6 is 0 Å². The zero-order chi connectivity index (χ0) is 15.4. The van der Waals surface area contributed by atoms with Gasteiger partial charge in [-0.15, -0.1) is 0 Å². The number of fused-ring (bicyclic) bond motifs is 1. The number of rotatable bonds is 5. The van der Waals surface area contributed by atoms with Gasteiger partial charge in [0.2, 0.25) is 0 Å². The molecule has 4 heteroatoms. The van der Waals surface area contributed by atoms with Gasteiger partial charge in [0.1, 0.15) is 17.9 Å². The molecule has 0 atom stereocenters. The summed E-state index contributed by atoms with van der Waals surface area (Å²) in [6, 6.07) is 17.2. The first-order chi connectivity index (χ1) is 10.8. The number of nitrogens with zero attached hydrogens (tertiary/aromatic N) is 1. The summed E-state index contributed by atoms with van der Waals surface area (Å²) in [7, 11) is 1.54. The van der Waals surface area contributed by atoms with E-state index in [1.54, 1.807) is 18.2 Å². The standard InChI is InChI=1S/C18H17NO3/c1-21-17-9-5-3-7-15(17)18(20)22-13-12-19-11-10-14-6-2-4-8-16(14)19/h2-11H,12-13H2,1H3. The van der Waals surface area contributed by atoms with Crippen molar-refractivity contribution in [2.24, 2.45) is 0 Å². The molecule has 0 aliphatic heterocycles. The van der Waals surface area contributed by atoms with Crippen molar-refractivity contribution in [1.82, 2.24) is 4.57 Å². The summed E-state index contributed by atoms with van der Waals surface area (Å²) in [5, 5.41) is 1.18. The van der Waals surface area contributed by atoms with Gasteiger partial charge in [-0.1, -0.05) is 30.3 Å². The molecule has 2 aromatic carbocycles. The second-order valence-electron chi connectivity index (χ2n) is 4.90. The lowest BCUT2D eigenvalue weighted by atomic mass is 10.2. The summed E-state index contributed by atoms with van der Waals surface area (Å²) in [6.45, 7) is 0.934. The highest BCUT2D eigenvalue weighted by Gasteiger charge is 2.12. The molecule has 0 bridgehead atoms. The van der Waals surface area contributed by atoms with E-state index in [-0.39, 0.29) is 5.97 Å². The summed E-state index contributed by atoms with van der Waals surface area (Å²) in [5.74, 6) is 0.160. The SMILES string of the molecule is COc1ccccc1C(=O)OCCn1ccc2ccccc21. The fourth-order valence-corrected chi connectivity index (χ4v) is 2.46. The average molecular weight is 295 g/mol. The Morgan fingerprint density at radius 3 is 2.68 bits per heavy atom. The van der Waals surface area contributed by atoms with Crippen molar-refractivity contribution in [3.05, 3.63) is 66.4 Å². The van der Waals surface area contributed by atoms with Gasteiger partial charge in [-0.3, -0.25) is 0 Å². The van der Waals surface area contributed by atoms with Crippen LogP contribution in [0.4, 0.5) is 0 Å². The highest BCUT2D eigenvalue weighted by atomic mass is 16.5. The summed E-state index contributed by atoms with van der Waals surface area (Å²) in [6.07, 6.45) is 2.00. The monoisotopic (exact) mass is 295 g/mol. The molecule has 0 N–H and O–H groups in total. The molecule has 3 aromatic rings. The van der Waals surface area contributed by atoms with E-state index in [0.29, 0.717) is 24.5 Å². The van der Waals surface area contributed by atoms with Crippen molar-refractivity contribution < 1.29 is 14.3 Å². The number of para-hydroxylation sites is 2.